The lowest BCUT2D eigenvalue weighted by Crippen LogP contribution is -2.25. The molecule has 5 nitrogen and oxygen atoms in total. The van der Waals surface area contributed by atoms with Gasteiger partial charge in [-0.15, -0.1) is 11.3 Å². The molecule has 3 rings (SSSR count). The van der Waals surface area contributed by atoms with Gasteiger partial charge in [-0.05, 0) is 30.5 Å². The highest BCUT2D eigenvalue weighted by Gasteiger charge is 2.21. The van der Waals surface area contributed by atoms with Crippen LogP contribution >= 0.6 is 34.5 Å². The van der Waals surface area contributed by atoms with Gasteiger partial charge in [-0.25, -0.2) is 4.98 Å². The van der Waals surface area contributed by atoms with Crippen LogP contribution < -0.4 is 9.64 Å². The largest absolute Gasteiger partial charge is 0.496 e. The van der Waals surface area contributed by atoms with Gasteiger partial charge in [-0.3, -0.25) is 4.79 Å². The molecule has 1 aromatic heterocycles. The lowest BCUT2D eigenvalue weighted by molar-refractivity contribution is -0.136. The highest BCUT2D eigenvalue weighted by molar-refractivity contribution is 7.16. The Morgan fingerprint density at radius 3 is 2.59 bits per heavy atom. The number of carboxylic acid groups (broad SMARTS) is 1. The van der Waals surface area contributed by atoms with Crippen molar-refractivity contribution in [1.29, 1.82) is 0 Å². The molecule has 1 heterocycles. The van der Waals surface area contributed by atoms with E-state index in [0.29, 0.717) is 29.1 Å². The predicted octanol–water partition coefficient (Wildman–Crippen LogP) is 6.81. The van der Waals surface area contributed by atoms with E-state index < -0.39 is 5.97 Å². The van der Waals surface area contributed by atoms with Gasteiger partial charge in [0, 0.05) is 29.1 Å². The second kappa shape index (κ2) is 11.0. The molecule has 0 unspecified atom stereocenters. The predicted molar refractivity (Wildman–Crippen MR) is 132 cm³/mol. The molecule has 0 fully saturated rings. The number of aromatic nitrogens is 1. The van der Waals surface area contributed by atoms with Crippen molar-refractivity contribution < 1.29 is 14.6 Å². The molecule has 8 heteroatoms. The first-order valence-corrected chi connectivity index (χ1v) is 11.9. The number of benzene rings is 2. The van der Waals surface area contributed by atoms with Crippen molar-refractivity contribution in [2.45, 2.75) is 33.2 Å². The molecule has 1 N–H and O–H groups in total. The molecular weight excluding hydrogens is 467 g/mol. The van der Waals surface area contributed by atoms with E-state index in [1.54, 1.807) is 24.5 Å². The molecule has 0 bridgehead atoms. The number of ether oxygens (including phenoxy) is 1. The summed E-state index contributed by atoms with van der Waals surface area (Å²) in [6, 6.07) is 13.3. The average molecular weight is 493 g/mol. The molecule has 0 amide bonds. The van der Waals surface area contributed by atoms with Gasteiger partial charge >= 0.3 is 5.97 Å². The minimum absolute atomic E-state index is 0.0103. The van der Waals surface area contributed by atoms with E-state index in [1.165, 1.54) is 0 Å². The Bertz CT molecular complexity index is 1080. The standard InChI is InChI=1S/C24H26Cl2N2O3S/c1-15(2)12-21-23(16-8-9-18(25)19(26)13-16)27-24(32-21)28(11-10-22(29)30)14-17-6-4-5-7-20(17)31-3/h4-9,13,15H,10-12,14H2,1-3H3,(H,29,30). The van der Waals surface area contributed by atoms with Gasteiger partial charge in [-0.1, -0.05) is 61.3 Å². The maximum atomic E-state index is 11.3. The van der Waals surface area contributed by atoms with Crippen molar-refractivity contribution in [3.05, 3.63) is 63.0 Å². The molecule has 0 aliphatic heterocycles. The Kier molecular flexibility index (Phi) is 8.40. The fourth-order valence-corrected chi connectivity index (χ4v) is 4.98. The normalized spacial score (nSPS) is 11.1. The van der Waals surface area contributed by atoms with Crippen LogP contribution in [0.3, 0.4) is 0 Å². The van der Waals surface area contributed by atoms with E-state index in [9.17, 15) is 9.90 Å². The molecule has 0 atom stereocenters. The van der Waals surface area contributed by atoms with Gasteiger partial charge in [0.2, 0.25) is 0 Å². The van der Waals surface area contributed by atoms with Gasteiger partial charge in [0.1, 0.15) is 5.75 Å². The number of methoxy groups -OCH3 is 1. The third-order valence-electron chi connectivity index (χ3n) is 4.89. The fourth-order valence-electron chi connectivity index (χ4n) is 3.36. The molecule has 170 valence electrons. The van der Waals surface area contributed by atoms with Crippen LogP contribution in [-0.2, 0) is 17.8 Å². The second-order valence-electron chi connectivity index (χ2n) is 7.87. The number of thiazole rings is 1. The van der Waals surface area contributed by atoms with Crippen LogP contribution in [-0.4, -0.2) is 29.7 Å². The third kappa shape index (κ3) is 6.15. The monoisotopic (exact) mass is 492 g/mol. The van der Waals surface area contributed by atoms with Gasteiger partial charge in [0.25, 0.3) is 0 Å². The quantitative estimate of drug-likeness (QED) is 0.336. The molecule has 0 saturated carbocycles. The number of aliphatic carboxylic acids is 1. The van der Waals surface area contributed by atoms with Crippen LogP contribution in [0.5, 0.6) is 5.75 Å². The fraction of sp³-hybridized carbons (Fsp3) is 0.333. The van der Waals surface area contributed by atoms with Crippen molar-refractivity contribution in [2.75, 3.05) is 18.6 Å². The number of nitrogens with zero attached hydrogens (tertiary/aromatic N) is 2. The topological polar surface area (TPSA) is 62.7 Å². The molecule has 3 aromatic rings. The summed E-state index contributed by atoms with van der Waals surface area (Å²) in [5, 5.41) is 11.0. The highest BCUT2D eigenvalue weighted by atomic mass is 35.5. The summed E-state index contributed by atoms with van der Waals surface area (Å²) in [5.41, 5.74) is 2.72. The number of hydrogen-bond donors (Lipinski definition) is 1. The second-order valence-corrected chi connectivity index (χ2v) is 9.75. The van der Waals surface area contributed by atoms with Gasteiger partial charge in [0.05, 0.1) is 29.3 Å². The van der Waals surface area contributed by atoms with E-state index in [0.717, 1.165) is 39.0 Å². The minimum Gasteiger partial charge on any atom is -0.496 e. The maximum absolute atomic E-state index is 11.3. The number of carboxylic acids is 1. The van der Waals surface area contributed by atoms with E-state index >= 15 is 0 Å². The number of anilines is 1. The van der Waals surface area contributed by atoms with Crippen LogP contribution in [0.2, 0.25) is 10.0 Å². The van der Waals surface area contributed by atoms with Gasteiger partial charge in [0.15, 0.2) is 5.13 Å². The molecule has 0 spiro atoms. The third-order valence-corrected chi connectivity index (χ3v) is 6.77. The van der Waals surface area contributed by atoms with E-state index in [4.69, 9.17) is 32.9 Å². The van der Waals surface area contributed by atoms with Crippen LogP contribution in [0.25, 0.3) is 11.3 Å². The van der Waals surface area contributed by atoms with E-state index in [2.05, 4.69) is 13.8 Å². The average Bonchev–Trinajstić information content (AvgIpc) is 3.16. The maximum Gasteiger partial charge on any atom is 0.305 e. The number of carbonyl (C=O) groups is 1. The van der Waals surface area contributed by atoms with Crippen molar-refractivity contribution in [2.24, 2.45) is 5.92 Å². The number of halogens is 2. The number of para-hydroxylation sites is 1. The Morgan fingerprint density at radius 1 is 1.19 bits per heavy atom. The van der Waals surface area contributed by atoms with Crippen molar-refractivity contribution in [1.82, 2.24) is 4.98 Å². The first kappa shape index (κ1) is 24.4. The number of hydrogen-bond acceptors (Lipinski definition) is 5. The zero-order valence-corrected chi connectivity index (χ0v) is 20.6. The lowest BCUT2D eigenvalue weighted by Gasteiger charge is -2.22. The van der Waals surface area contributed by atoms with Crippen LogP contribution in [0.1, 0.15) is 30.7 Å². The summed E-state index contributed by atoms with van der Waals surface area (Å²) < 4.78 is 5.50. The molecule has 0 saturated heterocycles. The van der Waals surface area contributed by atoms with Crippen molar-refractivity contribution >= 4 is 45.6 Å². The summed E-state index contributed by atoms with van der Waals surface area (Å²) in [7, 11) is 1.63. The van der Waals surface area contributed by atoms with Crippen LogP contribution in [0.15, 0.2) is 42.5 Å². The van der Waals surface area contributed by atoms with Crippen LogP contribution in [0, 0.1) is 5.92 Å². The van der Waals surface area contributed by atoms with Crippen molar-refractivity contribution in [3.8, 4) is 17.0 Å². The smallest absolute Gasteiger partial charge is 0.305 e. The molecule has 0 radical (unpaired) electrons. The minimum atomic E-state index is -0.848. The molecule has 0 aliphatic rings. The molecule has 32 heavy (non-hydrogen) atoms. The van der Waals surface area contributed by atoms with Crippen LogP contribution in [0.4, 0.5) is 5.13 Å². The highest BCUT2D eigenvalue weighted by Crippen LogP contribution is 2.38. The van der Waals surface area contributed by atoms with Gasteiger partial charge < -0.3 is 14.7 Å². The Labute approximate surface area is 202 Å². The van der Waals surface area contributed by atoms with Gasteiger partial charge in [-0.2, -0.15) is 0 Å². The van der Waals surface area contributed by atoms with Crippen molar-refractivity contribution in [3.63, 3.8) is 0 Å². The molecule has 2 aromatic carbocycles. The Morgan fingerprint density at radius 2 is 1.94 bits per heavy atom. The van der Waals surface area contributed by atoms with E-state index in [1.807, 2.05) is 41.3 Å². The Hall–Kier alpha value is -2.28. The SMILES string of the molecule is COc1ccccc1CN(CCC(=O)O)c1nc(-c2ccc(Cl)c(Cl)c2)c(CC(C)C)s1. The van der Waals surface area contributed by atoms with E-state index in [-0.39, 0.29) is 6.42 Å². The zero-order valence-electron chi connectivity index (χ0n) is 18.3. The first-order chi connectivity index (χ1) is 15.3. The lowest BCUT2D eigenvalue weighted by atomic mass is 10.0. The number of rotatable bonds is 10. The summed E-state index contributed by atoms with van der Waals surface area (Å²) >= 11 is 14.0. The first-order valence-electron chi connectivity index (χ1n) is 10.3. The summed E-state index contributed by atoms with van der Waals surface area (Å²) in [5.74, 6) is 0.349. The molecular formula is C24H26Cl2N2O3S. The molecule has 0 aliphatic carbocycles. The summed E-state index contributed by atoms with van der Waals surface area (Å²) in [6.45, 7) is 5.15. The Balaban J connectivity index is 2.03. The zero-order chi connectivity index (χ0) is 23.3. The summed E-state index contributed by atoms with van der Waals surface area (Å²) in [4.78, 5) is 19.4. The summed E-state index contributed by atoms with van der Waals surface area (Å²) in [6.07, 6.45) is 0.866.